The zero-order valence-corrected chi connectivity index (χ0v) is 14.7. The molecule has 7 heteroatoms. The minimum atomic E-state index is -3.89. The lowest BCUT2D eigenvalue weighted by molar-refractivity contribution is -0.139. The lowest BCUT2D eigenvalue weighted by atomic mass is 10.1. The van der Waals surface area contributed by atoms with Crippen LogP contribution in [0, 0.1) is 6.92 Å². The van der Waals surface area contributed by atoms with Gasteiger partial charge in [0.15, 0.2) is 9.84 Å². The molecule has 0 aromatic heterocycles. The van der Waals surface area contributed by atoms with Crippen molar-refractivity contribution in [3.8, 4) is 5.75 Å². The van der Waals surface area contributed by atoms with Crippen molar-refractivity contribution in [2.45, 2.75) is 28.5 Å². The van der Waals surface area contributed by atoms with Gasteiger partial charge in [-0.05, 0) is 36.8 Å². The summed E-state index contributed by atoms with van der Waals surface area (Å²) in [6, 6.07) is 12.9. The van der Waals surface area contributed by atoms with Gasteiger partial charge in [-0.15, -0.1) is 0 Å². The van der Waals surface area contributed by atoms with Crippen LogP contribution in [0.15, 0.2) is 53.4 Å². The van der Waals surface area contributed by atoms with E-state index in [1.165, 1.54) is 19.2 Å². The first-order valence-electron chi connectivity index (χ1n) is 7.69. The monoisotopic (exact) mass is 361 g/mol. The van der Waals surface area contributed by atoms with Crippen LogP contribution in [0.5, 0.6) is 5.75 Å². The summed E-state index contributed by atoms with van der Waals surface area (Å²) < 4.78 is 31.0. The number of benzene rings is 2. The number of methoxy groups -OCH3 is 1. The van der Waals surface area contributed by atoms with Gasteiger partial charge in [-0.2, -0.15) is 0 Å². The number of ether oxygens (including phenoxy) is 1. The van der Waals surface area contributed by atoms with Gasteiger partial charge in [-0.25, -0.2) is 8.42 Å². The molecular weight excluding hydrogens is 342 g/mol. The molecule has 0 spiro atoms. The van der Waals surface area contributed by atoms with Gasteiger partial charge in [-0.1, -0.05) is 29.8 Å². The second kappa shape index (κ2) is 5.86. The van der Waals surface area contributed by atoms with Crippen LogP contribution >= 0.6 is 0 Å². The Kier molecular flexibility index (Phi) is 4.09. The Hall–Kier alpha value is -2.38. The molecule has 25 heavy (non-hydrogen) atoms. The van der Waals surface area contributed by atoms with E-state index in [-0.39, 0.29) is 4.90 Å². The second-order valence-electron chi connectivity index (χ2n) is 6.27. The molecule has 3 N–H and O–H groups in total. The molecule has 6 nitrogen and oxygen atoms in total. The number of aliphatic carboxylic acids is 1. The molecule has 0 unspecified atom stereocenters. The predicted molar refractivity (Wildman–Crippen MR) is 92.4 cm³/mol. The van der Waals surface area contributed by atoms with Crippen LogP contribution in [0.3, 0.4) is 0 Å². The van der Waals surface area contributed by atoms with Crippen LogP contribution in [-0.2, 0) is 14.6 Å². The first kappa shape index (κ1) is 17.4. The van der Waals surface area contributed by atoms with Crippen molar-refractivity contribution < 1.29 is 23.1 Å². The summed E-state index contributed by atoms with van der Waals surface area (Å²) in [5.41, 5.74) is 5.65. The molecule has 132 valence electrons. The number of aryl methyl sites for hydroxylation is 1. The lowest BCUT2D eigenvalue weighted by Crippen LogP contribution is -2.39. The van der Waals surface area contributed by atoms with E-state index in [1.54, 1.807) is 36.4 Å². The third kappa shape index (κ3) is 2.69. The molecule has 3 atom stereocenters. The number of sulfone groups is 1. The van der Waals surface area contributed by atoms with Gasteiger partial charge in [0.1, 0.15) is 16.5 Å². The van der Waals surface area contributed by atoms with Crippen molar-refractivity contribution in [1.29, 1.82) is 0 Å². The Morgan fingerprint density at radius 3 is 2.16 bits per heavy atom. The molecule has 1 aliphatic carbocycles. The highest BCUT2D eigenvalue weighted by Gasteiger charge is 2.74. The summed E-state index contributed by atoms with van der Waals surface area (Å²) in [5.74, 6) is -1.54. The Labute approximate surface area is 146 Å². The SMILES string of the molecule is COc1ccc([C@H]2[C@H](S(=O)(=O)c3ccc(C)cc3)[C@@]2(N)C(=O)O)cc1. The van der Waals surface area contributed by atoms with E-state index >= 15 is 0 Å². The fraction of sp³-hybridized carbons (Fsp3) is 0.278. The van der Waals surface area contributed by atoms with E-state index in [0.717, 1.165) is 5.56 Å². The molecule has 3 rings (SSSR count). The number of carboxylic acids is 1. The molecule has 1 aliphatic rings. The Balaban J connectivity index is 2.03. The molecule has 0 saturated heterocycles. The zero-order chi connectivity index (χ0) is 18.4. The average molecular weight is 361 g/mol. The fourth-order valence-corrected chi connectivity index (χ4v) is 5.43. The van der Waals surface area contributed by atoms with Crippen molar-refractivity contribution in [1.82, 2.24) is 0 Å². The highest BCUT2D eigenvalue weighted by molar-refractivity contribution is 7.92. The van der Waals surface area contributed by atoms with Crippen LogP contribution in [0.1, 0.15) is 17.0 Å². The van der Waals surface area contributed by atoms with Crippen molar-refractivity contribution in [3.63, 3.8) is 0 Å². The largest absolute Gasteiger partial charge is 0.497 e. The predicted octanol–water partition coefficient (Wildman–Crippen LogP) is 1.73. The van der Waals surface area contributed by atoms with Crippen molar-refractivity contribution >= 4 is 15.8 Å². The first-order chi connectivity index (χ1) is 11.7. The van der Waals surface area contributed by atoms with E-state index in [4.69, 9.17) is 10.5 Å². The highest BCUT2D eigenvalue weighted by Crippen LogP contribution is 2.55. The van der Waals surface area contributed by atoms with Gasteiger partial charge in [-0.3, -0.25) is 4.79 Å². The molecule has 0 amide bonds. The maximum absolute atomic E-state index is 13.0. The van der Waals surface area contributed by atoms with Gasteiger partial charge in [0.05, 0.1) is 12.0 Å². The van der Waals surface area contributed by atoms with Crippen LogP contribution < -0.4 is 10.5 Å². The van der Waals surface area contributed by atoms with Gasteiger partial charge in [0, 0.05) is 5.92 Å². The molecule has 2 aromatic carbocycles. The fourth-order valence-electron chi connectivity index (χ4n) is 3.20. The molecular formula is C18H19NO5S. The molecule has 2 aromatic rings. The van der Waals surface area contributed by atoms with Gasteiger partial charge < -0.3 is 15.6 Å². The number of rotatable bonds is 5. The maximum atomic E-state index is 13.0. The van der Waals surface area contributed by atoms with E-state index < -0.39 is 32.5 Å². The molecule has 0 bridgehead atoms. The standard InChI is InChI=1S/C18H19NO5S/c1-11-3-9-14(10-4-11)25(22,23)16-15(18(16,19)17(20)21)12-5-7-13(24-2)8-6-12/h3-10,15-16H,19H2,1-2H3,(H,20,21)/t15-,16-,18+/m0/s1. The Bertz CT molecular complexity index is 905. The van der Waals surface area contributed by atoms with E-state index in [2.05, 4.69) is 0 Å². The van der Waals surface area contributed by atoms with Gasteiger partial charge in [0.2, 0.25) is 0 Å². The third-order valence-electron chi connectivity index (χ3n) is 4.71. The smallest absolute Gasteiger partial charge is 0.325 e. The summed E-state index contributed by atoms with van der Waals surface area (Å²) >= 11 is 0. The Morgan fingerprint density at radius 1 is 1.12 bits per heavy atom. The lowest BCUT2D eigenvalue weighted by Gasteiger charge is -2.07. The normalized spacial score (nSPS) is 25.4. The number of carbonyl (C=O) groups is 1. The Morgan fingerprint density at radius 2 is 1.68 bits per heavy atom. The van der Waals surface area contributed by atoms with Crippen LogP contribution in [-0.4, -0.2) is 37.4 Å². The van der Waals surface area contributed by atoms with Crippen molar-refractivity contribution in [2.75, 3.05) is 7.11 Å². The number of nitrogens with two attached hydrogens (primary N) is 1. The summed E-state index contributed by atoms with van der Waals surface area (Å²) in [4.78, 5) is 11.8. The topological polar surface area (TPSA) is 107 Å². The quantitative estimate of drug-likeness (QED) is 0.840. The summed E-state index contributed by atoms with van der Waals surface area (Å²) in [5, 5.41) is 8.34. The number of carboxylic acid groups (broad SMARTS) is 1. The van der Waals surface area contributed by atoms with E-state index in [0.29, 0.717) is 11.3 Å². The van der Waals surface area contributed by atoms with Crippen molar-refractivity contribution in [3.05, 3.63) is 59.7 Å². The van der Waals surface area contributed by atoms with Crippen LogP contribution in [0.2, 0.25) is 0 Å². The molecule has 0 heterocycles. The zero-order valence-electron chi connectivity index (χ0n) is 13.8. The third-order valence-corrected chi connectivity index (χ3v) is 6.97. The second-order valence-corrected chi connectivity index (χ2v) is 8.34. The van der Waals surface area contributed by atoms with Gasteiger partial charge >= 0.3 is 5.97 Å². The summed E-state index contributed by atoms with van der Waals surface area (Å²) in [6.45, 7) is 1.85. The summed E-state index contributed by atoms with van der Waals surface area (Å²) in [7, 11) is -2.37. The van der Waals surface area contributed by atoms with Crippen molar-refractivity contribution in [2.24, 2.45) is 5.73 Å². The molecule has 1 saturated carbocycles. The maximum Gasteiger partial charge on any atom is 0.325 e. The van der Waals surface area contributed by atoms with Crippen LogP contribution in [0.25, 0.3) is 0 Å². The summed E-state index contributed by atoms with van der Waals surface area (Å²) in [6.07, 6.45) is 0. The van der Waals surface area contributed by atoms with Crippen LogP contribution in [0.4, 0.5) is 0 Å². The van der Waals surface area contributed by atoms with Gasteiger partial charge in [0.25, 0.3) is 0 Å². The first-order valence-corrected chi connectivity index (χ1v) is 9.24. The molecule has 0 radical (unpaired) electrons. The number of hydrogen-bond acceptors (Lipinski definition) is 5. The van der Waals surface area contributed by atoms with E-state index in [9.17, 15) is 18.3 Å². The molecule has 0 aliphatic heterocycles. The molecule has 1 fully saturated rings. The minimum absolute atomic E-state index is 0.0789. The minimum Gasteiger partial charge on any atom is -0.497 e. The number of hydrogen-bond donors (Lipinski definition) is 2. The highest BCUT2D eigenvalue weighted by atomic mass is 32.2. The van der Waals surface area contributed by atoms with E-state index in [1.807, 2.05) is 6.92 Å². The average Bonchev–Trinajstić information content (AvgIpc) is 3.24.